The van der Waals surface area contributed by atoms with Crippen LogP contribution in [0.3, 0.4) is 0 Å². The maximum atomic E-state index is 11.8. The van der Waals surface area contributed by atoms with E-state index in [0.29, 0.717) is 0 Å². The van der Waals surface area contributed by atoms with E-state index >= 15 is 0 Å². The smallest absolute Gasteiger partial charge is 0.493 e. The third-order valence-corrected chi connectivity index (χ3v) is 7.99. The molecule has 0 atom stereocenters. The first-order valence-corrected chi connectivity index (χ1v) is 18.2. The molecule has 0 aromatic heterocycles. The molecular weight excluding hydrogens is 591 g/mol. The number of benzene rings is 2. The van der Waals surface area contributed by atoms with Crippen molar-refractivity contribution in [3.8, 4) is 0 Å². The van der Waals surface area contributed by atoms with Gasteiger partial charge in [-0.25, -0.2) is 4.70 Å². The van der Waals surface area contributed by atoms with Gasteiger partial charge in [-0.2, -0.15) is 12.8 Å². The second-order valence-electron chi connectivity index (χ2n) is 12.2. The average molecular weight is 658 g/mol. The van der Waals surface area contributed by atoms with E-state index in [9.17, 15) is 5.53 Å². The Kier molecular flexibility index (Phi) is 26.0. The normalized spacial score (nSPS) is 12.4. The maximum absolute atomic E-state index is 11.8. The molecule has 1 heterocycles. The van der Waals surface area contributed by atoms with Crippen LogP contribution in [0.15, 0.2) is 59.7 Å². The molecule has 0 fully saturated rings. The summed E-state index contributed by atoms with van der Waals surface area (Å²) in [5.74, 6) is 0. The summed E-state index contributed by atoms with van der Waals surface area (Å²) in [7, 11) is 0. The molecule has 0 saturated carbocycles. The Morgan fingerprint density at radius 1 is 0.511 bits per heavy atom. The van der Waals surface area contributed by atoms with Gasteiger partial charge in [0.1, 0.15) is 0 Å². The van der Waals surface area contributed by atoms with Crippen LogP contribution >= 0.6 is 0 Å². The van der Waals surface area contributed by atoms with Crippen molar-refractivity contribution in [2.24, 2.45) is 0 Å². The van der Waals surface area contributed by atoms with Gasteiger partial charge >= 0.3 is 16.5 Å². The van der Waals surface area contributed by atoms with Gasteiger partial charge < -0.3 is 19.4 Å². The van der Waals surface area contributed by atoms with Gasteiger partial charge in [-0.05, 0) is 86.8 Å². The van der Waals surface area contributed by atoms with E-state index in [2.05, 4.69) is 90.1 Å². The van der Waals surface area contributed by atoms with Crippen LogP contribution in [0.5, 0.6) is 0 Å². The maximum Gasteiger partial charge on any atom is 2.00 e. The van der Waals surface area contributed by atoms with E-state index in [1.165, 1.54) is 73.6 Å². The molecule has 3 rings (SSSR count). The summed E-state index contributed by atoms with van der Waals surface area (Å²) in [6.07, 6.45) is 21.2. The minimum absolute atomic E-state index is 0. The number of nitrogens with zero attached hydrogens (tertiary/aromatic N) is 2. The van der Waals surface area contributed by atoms with E-state index < -0.39 is 0 Å². The van der Waals surface area contributed by atoms with Crippen molar-refractivity contribution in [3.05, 3.63) is 101 Å². The van der Waals surface area contributed by atoms with E-state index in [4.69, 9.17) is 0 Å². The quantitative estimate of drug-likeness (QED) is 0.0660. The monoisotopic (exact) mass is 656 g/mol. The first kappa shape index (κ1) is 43.0. The Bertz CT molecular complexity index is 1110. The van der Waals surface area contributed by atoms with Gasteiger partial charge in [0.15, 0.2) is 0 Å². The van der Waals surface area contributed by atoms with Gasteiger partial charge in [-0.3, -0.25) is 0 Å². The van der Waals surface area contributed by atoms with Crippen molar-refractivity contribution in [2.45, 2.75) is 157 Å². The van der Waals surface area contributed by atoms with Crippen LogP contribution in [0, 0.1) is 13.8 Å². The standard InChI is InChI=1S/C36H52N2.2C3H7.Ni/c1-5-9-13-14-15-16-19-30-20-17-21-32(28-30)36-34(23-12-8-4)33(22-11-7-3)35(38(36)37)31-26-24-29(25-27-31)18-10-6-2;2*1-3-2;/h17,20-21,24-28H,5-16,18-19,22-23H2,1-4H3;2*1,3H2,2H3;/q;2*-1;+2. The molecule has 0 saturated heterocycles. The van der Waals surface area contributed by atoms with Crippen LogP contribution in [0.2, 0.25) is 0 Å². The fourth-order valence-electron chi connectivity index (χ4n) is 5.69. The molecule has 0 bridgehead atoms. The topological polar surface area (TPSA) is 25.3 Å². The largest absolute Gasteiger partial charge is 2.00 e. The van der Waals surface area contributed by atoms with Gasteiger partial charge in [-0.1, -0.05) is 117 Å². The third kappa shape index (κ3) is 15.4. The van der Waals surface area contributed by atoms with Crippen molar-refractivity contribution in [2.75, 3.05) is 0 Å². The summed E-state index contributed by atoms with van der Waals surface area (Å²) in [6, 6.07) is 18.0. The average Bonchev–Trinajstić information content (AvgIpc) is 3.31. The second-order valence-corrected chi connectivity index (χ2v) is 12.2. The predicted octanol–water partition coefficient (Wildman–Crippen LogP) is 13.9. The number of hydrogen-bond acceptors (Lipinski definition) is 0. The van der Waals surface area contributed by atoms with Crippen LogP contribution < -0.4 is 0 Å². The Balaban J connectivity index is 0.00000256. The SMILES string of the molecule is CCCCCCCCc1cccc(C2=C(CCCC)C(CCCC)=C(c3ccc(CCCC)cc3)[N+]2=[N-])c1.[CH2-]CC.[CH2-]CC.[Ni+2]. The number of allylic oxidation sites excluding steroid dienone is 2. The molecule has 0 amide bonds. The van der Waals surface area contributed by atoms with Crippen LogP contribution in [0.4, 0.5) is 0 Å². The summed E-state index contributed by atoms with van der Waals surface area (Å²) in [5, 5.41) is 0. The Hall–Kier alpha value is -1.99. The number of hydrogen-bond donors (Lipinski definition) is 0. The number of unbranched alkanes of at least 4 members (excludes halogenated alkanes) is 8. The molecule has 2 aromatic carbocycles. The Labute approximate surface area is 290 Å². The van der Waals surface area contributed by atoms with Crippen molar-refractivity contribution in [1.29, 1.82) is 0 Å². The fraction of sp³-hybridized carbons (Fsp3) is 0.571. The van der Waals surface area contributed by atoms with E-state index in [-0.39, 0.29) is 16.5 Å². The van der Waals surface area contributed by atoms with Gasteiger partial charge in [0.05, 0.1) is 0 Å². The molecule has 254 valence electrons. The molecule has 0 radical (unpaired) electrons. The van der Waals surface area contributed by atoms with Crippen LogP contribution in [-0.4, -0.2) is 4.70 Å². The summed E-state index contributed by atoms with van der Waals surface area (Å²) in [4.78, 5) is 0. The fourth-order valence-corrected chi connectivity index (χ4v) is 5.69. The molecule has 0 N–H and O–H groups in total. The van der Waals surface area contributed by atoms with Gasteiger partial charge in [0, 0.05) is 22.3 Å². The molecule has 0 spiro atoms. The molecule has 0 aliphatic carbocycles. The third-order valence-electron chi connectivity index (χ3n) is 7.99. The Morgan fingerprint density at radius 3 is 1.49 bits per heavy atom. The van der Waals surface area contributed by atoms with Crippen molar-refractivity contribution >= 4 is 11.4 Å². The molecule has 2 aromatic rings. The van der Waals surface area contributed by atoms with Gasteiger partial charge in [-0.15, -0.1) is 0 Å². The zero-order valence-corrected chi connectivity index (χ0v) is 31.0. The van der Waals surface area contributed by atoms with Crippen molar-refractivity contribution < 1.29 is 21.2 Å². The van der Waals surface area contributed by atoms with Crippen LogP contribution in [-0.2, 0) is 29.3 Å². The van der Waals surface area contributed by atoms with Crippen LogP contribution in [0.25, 0.3) is 16.9 Å². The predicted molar refractivity (Wildman–Crippen MR) is 196 cm³/mol. The van der Waals surface area contributed by atoms with Crippen LogP contribution in [0.1, 0.15) is 167 Å². The summed E-state index contributed by atoms with van der Waals surface area (Å²) < 4.78 is 1.54. The summed E-state index contributed by atoms with van der Waals surface area (Å²) >= 11 is 0. The van der Waals surface area contributed by atoms with Crippen molar-refractivity contribution in [3.63, 3.8) is 0 Å². The zero-order valence-electron chi connectivity index (χ0n) is 30.0. The van der Waals surface area contributed by atoms with E-state index in [1.807, 2.05) is 13.8 Å². The first-order chi connectivity index (χ1) is 21.5. The minimum Gasteiger partial charge on any atom is -0.493 e. The number of rotatable bonds is 18. The summed E-state index contributed by atoms with van der Waals surface area (Å²) in [6.45, 7) is 20.0. The van der Waals surface area contributed by atoms with Gasteiger partial charge in [0.2, 0.25) is 11.4 Å². The second kappa shape index (κ2) is 27.2. The van der Waals surface area contributed by atoms with E-state index in [1.54, 1.807) is 4.70 Å². The van der Waals surface area contributed by atoms with E-state index in [0.717, 1.165) is 86.7 Å². The summed E-state index contributed by atoms with van der Waals surface area (Å²) in [5.41, 5.74) is 21.6. The zero-order chi connectivity index (χ0) is 32.6. The number of aryl methyl sites for hydroxylation is 2. The van der Waals surface area contributed by atoms with Crippen molar-refractivity contribution in [1.82, 2.24) is 0 Å². The molecule has 1 aliphatic heterocycles. The molecule has 0 unspecified atom stereocenters. The molecular formula is C42H66N2Ni. The first-order valence-electron chi connectivity index (χ1n) is 18.2. The van der Waals surface area contributed by atoms with Gasteiger partial charge in [0.25, 0.3) is 0 Å². The molecule has 45 heavy (non-hydrogen) atoms. The Morgan fingerprint density at radius 2 is 0.956 bits per heavy atom. The minimum atomic E-state index is 0. The molecule has 1 aliphatic rings. The molecule has 2 nitrogen and oxygen atoms in total. The molecule has 3 heteroatoms.